The van der Waals surface area contributed by atoms with E-state index >= 15 is 0 Å². The third kappa shape index (κ3) is 4.18. The van der Waals surface area contributed by atoms with Crippen molar-refractivity contribution in [1.29, 1.82) is 0 Å². The SMILES string of the molecule is CC(C)(C)OC(=O)N1CC(=O)C(C2CCS(=O)(=O)CC2)C1. The smallest absolute Gasteiger partial charge is 0.410 e. The van der Waals surface area contributed by atoms with Crippen LogP contribution in [-0.2, 0) is 19.4 Å². The van der Waals surface area contributed by atoms with Crippen LogP contribution in [-0.4, -0.2) is 55.4 Å². The predicted molar refractivity (Wildman–Crippen MR) is 77.7 cm³/mol. The van der Waals surface area contributed by atoms with Gasteiger partial charge in [0.15, 0.2) is 5.78 Å². The summed E-state index contributed by atoms with van der Waals surface area (Å²) in [5.74, 6) is 0.133. The molecule has 2 heterocycles. The van der Waals surface area contributed by atoms with Crippen LogP contribution >= 0.6 is 0 Å². The van der Waals surface area contributed by atoms with Gasteiger partial charge in [0.05, 0.1) is 18.1 Å². The number of nitrogens with zero attached hydrogens (tertiary/aromatic N) is 1. The van der Waals surface area contributed by atoms with Crippen LogP contribution in [0.25, 0.3) is 0 Å². The summed E-state index contributed by atoms with van der Waals surface area (Å²) in [7, 11) is -2.93. The molecule has 0 spiro atoms. The van der Waals surface area contributed by atoms with Gasteiger partial charge in [-0.3, -0.25) is 4.79 Å². The van der Waals surface area contributed by atoms with Crippen molar-refractivity contribution in [2.45, 2.75) is 39.2 Å². The highest BCUT2D eigenvalue weighted by atomic mass is 32.2. The predicted octanol–water partition coefficient (Wildman–Crippen LogP) is 1.25. The molecule has 0 N–H and O–H groups in total. The number of hydrogen-bond acceptors (Lipinski definition) is 5. The summed E-state index contributed by atoms with van der Waals surface area (Å²) in [6.45, 7) is 5.77. The van der Waals surface area contributed by atoms with Gasteiger partial charge in [0.2, 0.25) is 0 Å². The first-order valence-corrected chi connectivity index (χ1v) is 9.10. The second kappa shape index (κ2) is 5.59. The fourth-order valence-electron chi connectivity index (χ4n) is 2.90. The molecule has 120 valence electrons. The first-order valence-electron chi connectivity index (χ1n) is 7.28. The number of ketones is 1. The summed E-state index contributed by atoms with van der Waals surface area (Å²) in [6, 6.07) is 0. The maximum absolute atomic E-state index is 12.1. The molecule has 1 atom stereocenters. The summed E-state index contributed by atoms with van der Waals surface area (Å²) in [6.07, 6.45) is 0.559. The Morgan fingerprint density at radius 1 is 1.24 bits per heavy atom. The number of likely N-dealkylation sites (tertiary alicyclic amines) is 1. The van der Waals surface area contributed by atoms with Crippen molar-refractivity contribution in [3.8, 4) is 0 Å². The number of ether oxygens (including phenoxy) is 1. The van der Waals surface area contributed by atoms with Crippen LogP contribution in [0, 0.1) is 11.8 Å². The lowest BCUT2D eigenvalue weighted by molar-refractivity contribution is -0.121. The third-order valence-corrected chi connectivity index (χ3v) is 5.71. The quantitative estimate of drug-likeness (QED) is 0.727. The molecule has 0 radical (unpaired) electrons. The van der Waals surface area contributed by atoms with Gasteiger partial charge in [-0.15, -0.1) is 0 Å². The minimum atomic E-state index is -2.93. The van der Waals surface area contributed by atoms with E-state index in [1.165, 1.54) is 4.90 Å². The van der Waals surface area contributed by atoms with Crippen LogP contribution in [0.2, 0.25) is 0 Å². The monoisotopic (exact) mass is 317 g/mol. The summed E-state index contributed by atoms with van der Waals surface area (Å²) >= 11 is 0. The second-order valence-electron chi connectivity index (χ2n) is 6.92. The minimum absolute atomic E-state index is 0.0187. The molecule has 1 amide bonds. The van der Waals surface area contributed by atoms with Gasteiger partial charge in [-0.2, -0.15) is 0 Å². The van der Waals surface area contributed by atoms with Gasteiger partial charge < -0.3 is 9.64 Å². The van der Waals surface area contributed by atoms with E-state index in [1.807, 2.05) is 0 Å². The van der Waals surface area contributed by atoms with Gasteiger partial charge in [-0.25, -0.2) is 13.2 Å². The Labute approximate surface area is 125 Å². The standard InChI is InChI=1S/C14H23NO5S/c1-14(2,3)20-13(17)15-8-11(12(16)9-15)10-4-6-21(18,19)7-5-10/h10-11H,4-9H2,1-3H3. The van der Waals surface area contributed by atoms with E-state index in [-0.39, 0.29) is 35.7 Å². The molecule has 2 rings (SSSR count). The molecule has 21 heavy (non-hydrogen) atoms. The van der Waals surface area contributed by atoms with Crippen LogP contribution < -0.4 is 0 Å². The molecule has 0 aromatic heterocycles. The molecule has 0 saturated carbocycles. The van der Waals surface area contributed by atoms with E-state index in [2.05, 4.69) is 0 Å². The Kier molecular flexibility index (Phi) is 4.33. The molecule has 0 aromatic rings. The zero-order valence-electron chi connectivity index (χ0n) is 12.8. The van der Waals surface area contributed by atoms with Gasteiger partial charge in [0.1, 0.15) is 15.4 Å². The number of amides is 1. The van der Waals surface area contributed by atoms with Crippen molar-refractivity contribution in [2.24, 2.45) is 11.8 Å². The second-order valence-corrected chi connectivity index (χ2v) is 9.23. The number of sulfone groups is 1. The molecule has 2 fully saturated rings. The molecular formula is C14H23NO5S. The molecule has 0 aliphatic carbocycles. The summed E-state index contributed by atoms with van der Waals surface area (Å²) in [5, 5.41) is 0. The fourth-order valence-corrected chi connectivity index (χ4v) is 4.43. The van der Waals surface area contributed by atoms with Crippen LogP contribution in [0.15, 0.2) is 0 Å². The van der Waals surface area contributed by atoms with Gasteiger partial charge in [0, 0.05) is 12.5 Å². The Bertz CT molecular complexity index is 520. The van der Waals surface area contributed by atoms with Crippen molar-refractivity contribution >= 4 is 21.7 Å². The fraction of sp³-hybridized carbons (Fsp3) is 0.857. The number of Topliss-reactive ketones (excluding diaryl/α,β-unsaturated/α-hetero) is 1. The van der Waals surface area contributed by atoms with Gasteiger partial charge >= 0.3 is 6.09 Å². The van der Waals surface area contributed by atoms with Gasteiger partial charge in [-0.05, 0) is 39.5 Å². The Hall–Kier alpha value is -1.11. The number of rotatable bonds is 1. The molecular weight excluding hydrogens is 294 g/mol. The van der Waals surface area contributed by atoms with E-state index < -0.39 is 21.5 Å². The molecule has 0 bridgehead atoms. The van der Waals surface area contributed by atoms with E-state index in [0.717, 1.165) is 0 Å². The molecule has 2 saturated heterocycles. The summed E-state index contributed by atoms with van der Waals surface area (Å²) in [5.41, 5.74) is -0.586. The molecule has 0 aromatic carbocycles. The highest BCUT2D eigenvalue weighted by Gasteiger charge is 2.41. The number of carbonyl (C=O) groups is 2. The number of carbonyl (C=O) groups excluding carboxylic acids is 2. The topological polar surface area (TPSA) is 80.8 Å². The van der Waals surface area contributed by atoms with Crippen LogP contribution in [0.3, 0.4) is 0 Å². The van der Waals surface area contributed by atoms with E-state index in [0.29, 0.717) is 19.4 Å². The van der Waals surface area contributed by atoms with Crippen molar-refractivity contribution in [2.75, 3.05) is 24.6 Å². The van der Waals surface area contributed by atoms with Crippen molar-refractivity contribution in [3.63, 3.8) is 0 Å². The van der Waals surface area contributed by atoms with Crippen molar-refractivity contribution in [3.05, 3.63) is 0 Å². The molecule has 6 nitrogen and oxygen atoms in total. The average molecular weight is 317 g/mol. The zero-order valence-corrected chi connectivity index (χ0v) is 13.6. The van der Waals surface area contributed by atoms with Crippen molar-refractivity contribution < 1.29 is 22.7 Å². The molecule has 2 aliphatic rings. The Morgan fingerprint density at radius 3 is 2.33 bits per heavy atom. The largest absolute Gasteiger partial charge is 0.444 e. The average Bonchev–Trinajstić information content (AvgIpc) is 2.69. The van der Waals surface area contributed by atoms with E-state index in [9.17, 15) is 18.0 Å². The van der Waals surface area contributed by atoms with Crippen LogP contribution in [0.5, 0.6) is 0 Å². The minimum Gasteiger partial charge on any atom is -0.444 e. The zero-order chi connectivity index (χ0) is 15.8. The lowest BCUT2D eigenvalue weighted by atomic mass is 9.86. The highest BCUT2D eigenvalue weighted by molar-refractivity contribution is 7.91. The van der Waals surface area contributed by atoms with Gasteiger partial charge in [-0.1, -0.05) is 0 Å². The maximum Gasteiger partial charge on any atom is 0.410 e. The normalized spacial score (nSPS) is 26.9. The van der Waals surface area contributed by atoms with Gasteiger partial charge in [0.25, 0.3) is 0 Å². The lowest BCUT2D eigenvalue weighted by Crippen LogP contribution is -2.36. The summed E-state index contributed by atoms with van der Waals surface area (Å²) in [4.78, 5) is 25.5. The lowest BCUT2D eigenvalue weighted by Gasteiger charge is -2.27. The van der Waals surface area contributed by atoms with Crippen LogP contribution in [0.4, 0.5) is 4.79 Å². The molecule has 1 unspecified atom stereocenters. The molecule has 7 heteroatoms. The molecule has 2 aliphatic heterocycles. The third-order valence-electron chi connectivity index (χ3n) is 4.00. The summed E-state index contributed by atoms with van der Waals surface area (Å²) < 4.78 is 28.2. The Balaban J connectivity index is 1.96. The van der Waals surface area contributed by atoms with E-state index in [4.69, 9.17) is 4.74 Å². The maximum atomic E-state index is 12.1. The first-order chi connectivity index (χ1) is 9.57. The number of hydrogen-bond donors (Lipinski definition) is 0. The van der Waals surface area contributed by atoms with Crippen LogP contribution in [0.1, 0.15) is 33.6 Å². The Morgan fingerprint density at radius 2 is 1.81 bits per heavy atom. The first kappa shape index (κ1) is 16.3. The van der Waals surface area contributed by atoms with E-state index in [1.54, 1.807) is 20.8 Å². The van der Waals surface area contributed by atoms with Crippen molar-refractivity contribution in [1.82, 2.24) is 4.90 Å². The highest BCUT2D eigenvalue weighted by Crippen LogP contribution is 2.31.